The SMILES string of the molecule is O=P(O)(O)O.OCC(O)CO.[CaH2].[CaH2]. The Kier molecular flexibility index (Phi) is 27.5. The summed E-state index contributed by atoms with van der Waals surface area (Å²) < 4.78 is 8.88. The number of aliphatic hydroxyl groups excluding tert-OH is 3. The van der Waals surface area contributed by atoms with E-state index in [0.717, 1.165) is 0 Å². The van der Waals surface area contributed by atoms with Gasteiger partial charge in [0.25, 0.3) is 0 Å². The second kappa shape index (κ2) is 14.5. The van der Waals surface area contributed by atoms with Crippen LogP contribution in [-0.2, 0) is 4.57 Å². The van der Waals surface area contributed by atoms with Crippen LogP contribution in [0.5, 0.6) is 0 Å². The van der Waals surface area contributed by atoms with Gasteiger partial charge in [0, 0.05) is 0 Å². The van der Waals surface area contributed by atoms with Crippen molar-refractivity contribution in [2.45, 2.75) is 6.10 Å². The van der Waals surface area contributed by atoms with Gasteiger partial charge in [0.1, 0.15) is 6.10 Å². The summed E-state index contributed by atoms with van der Waals surface area (Å²) in [6.07, 6.45) is -0.954. The van der Waals surface area contributed by atoms with Gasteiger partial charge in [-0.3, -0.25) is 0 Å². The van der Waals surface area contributed by atoms with Gasteiger partial charge >= 0.3 is 83.3 Å². The summed E-state index contributed by atoms with van der Waals surface area (Å²) in [5, 5.41) is 24.0. The standard InChI is InChI=1S/C3H8O3.2Ca.H3O4P.4H/c4-1-3(6)2-5;;;1-5(2,3)4;;;;/h3-6H,1-2H2;;;(H3,1,2,3,4);;;;. The van der Waals surface area contributed by atoms with Crippen LogP contribution in [0.2, 0.25) is 0 Å². The molecule has 0 aromatic heterocycles. The van der Waals surface area contributed by atoms with E-state index >= 15 is 0 Å². The third kappa shape index (κ3) is 53.6. The van der Waals surface area contributed by atoms with Crippen molar-refractivity contribution in [2.75, 3.05) is 13.2 Å². The summed E-state index contributed by atoms with van der Waals surface area (Å²) in [5.41, 5.74) is 0. The van der Waals surface area contributed by atoms with E-state index in [1.54, 1.807) is 0 Å². The number of rotatable bonds is 2. The van der Waals surface area contributed by atoms with Crippen molar-refractivity contribution >= 4 is 83.3 Å². The van der Waals surface area contributed by atoms with E-state index in [4.69, 9.17) is 34.6 Å². The summed E-state index contributed by atoms with van der Waals surface area (Å²) in [4.78, 5) is 21.6. The maximum atomic E-state index is 8.88. The molecule has 0 aromatic carbocycles. The maximum absolute atomic E-state index is 8.88. The summed E-state index contributed by atoms with van der Waals surface area (Å²) in [6, 6.07) is 0. The molecule has 0 aliphatic carbocycles. The average molecular weight is 274 g/mol. The molecule has 13 heavy (non-hydrogen) atoms. The minimum absolute atomic E-state index is 0. The van der Waals surface area contributed by atoms with Crippen LogP contribution in [0.15, 0.2) is 0 Å². The molecule has 0 rings (SSSR count). The van der Waals surface area contributed by atoms with Crippen molar-refractivity contribution in [2.24, 2.45) is 0 Å². The Morgan fingerprint density at radius 3 is 1.15 bits per heavy atom. The Hall–Kier alpha value is 2.51. The van der Waals surface area contributed by atoms with Gasteiger partial charge in [-0.1, -0.05) is 0 Å². The zero-order valence-corrected chi connectivity index (χ0v) is 6.42. The molecule has 0 unspecified atom stereocenters. The fraction of sp³-hybridized carbons (Fsp3) is 1.00. The molecule has 0 radical (unpaired) electrons. The Bertz CT molecular complexity index is 115. The first-order valence-electron chi connectivity index (χ1n) is 2.49. The molecule has 78 valence electrons. The van der Waals surface area contributed by atoms with Gasteiger partial charge in [0.15, 0.2) is 0 Å². The van der Waals surface area contributed by atoms with E-state index in [0.29, 0.717) is 0 Å². The molecule has 0 fully saturated rings. The van der Waals surface area contributed by atoms with Gasteiger partial charge in [-0.15, -0.1) is 0 Å². The van der Waals surface area contributed by atoms with Crippen molar-refractivity contribution in [1.82, 2.24) is 0 Å². The van der Waals surface area contributed by atoms with E-state index in [1.807, 2.05) is 0 Å². The topological polar surface area (TPSA) is 138 Å². The summed E-state index contributed by atoms with van der Waals surface area (Å²) in [7, 11) is -4.64. The van der Waals surface area contributed by atoms with Crippen LogP contribution in [0.25, 0.3) is 0 Å². The first-order chi connectivity index (χ1) is 4.81. The van der Waals surface area contributed by atoms with Gasteiger partial charge in [0.05, 0.1) is 13.2 Å². The van der Waals surface area contributed by atoms with Crippen molar-refractivity contribution < 1.29 is 34.6 Å². The number of phosphoric acid groups is 1. The molecule has 0 saturated carbocycles. The molecule has 0 heterocycles. The Balaban J connectivity index is -0.0000000546. The van der Waals surface area contributed by atoms with Crippen molar-refractivity contribution in [3.05, 3.63) is 0 Å². The van der Waals surface area contributed by atoms with Crippen molar-refractivity contribution in [3.63, 3.8) is 0 Å². The third-order valence-corrected chi connectivity index (χ3v) is 0.421. The van der Waals surface area contributed by atoms with Crippen molar-refractivity contribution in [1.29, 1.82) is 0 Å². The molecule has 0 saturated heterocycles. The molecule has 0 amide bonds. The quantitative estimate of drug-likeness (QED) is 0.221. The van der Waals surface area contributed by atoms with Crippen LogP contribution in [0.1, 0.15) is 0 Å². The van der Waals surface area contributed by atoms with E-state index in [1.165, 1.54) is 0 Å². The molecule has 0 atom stereocenters. The van der Waals surface area contributed by atoms with Gasteiger partial charge in [-0.2, -0.15) is 0 Å². The van der Waals surface area contributed by atoms with E-state index < -0.39 is 13.9 Å². The van der Waals surface area contributed by atoms with Gasteiger partial charge in [-0.05, 0) is 0 Å². The second-order valence-corrected chi connectivity index (χ2v) is 2.56. The fourth-order valence-electron chi connectivity index (χ4n) is 0.0577. The second-order valence-electron chi connectivity index (χ2n) is 1.53. The van der Waals surface area contributed by atoms with Gasteiger partial charge in [-0.25, -0.2) is 4.57 Å². The molecule has 0 aliphatic heterocycles. The molecule has 10 heteroatoms. The molecule has 0 bridgehead atoms. The van der Waals surface area contributed by atoms with Crippen LogP contribution in [0.4, 0.5) is 0 Å². The predicted molar refractivity (Wildman–Crippen MR) is 51.5 cm³/mol. The average Bonchev–Trinajstić information content (AvgIpc) is 1.83. The zero-order valence-electron chi connectivity index (χ0n) is 5.53. The van der Waals surface area contributed by atoms with Crippen LogP contribution in [0, 0.1) is 0 Å². The Morgan fingerprint density at radius 1 is 1.00 bits per heavy atom. The van der Waals surface area contributed by atoms with E-state index in [2.05, 4.69) is 0 Å². The first-order valence-corrected chi connectivity index (χ1v) is 4.05. The molecule has 6 N–H and O–H groups in total. The number of hydrogen-bond donors (Lipinski definition) is 6. The summed E-state index contributed by atoms with van der Waals surface area (Å²) in [5.74, 6) is 0. The van der Waals surface area contributed by atoms with Crippen LogP contribution < -0.4 is 0 Å². The van der Waals surface area contributed by atoms with Crippen molar-refractivity contribution in [3.8, 4) is 0 Å². The Labute approximate surface area is 135 Å². The Morgan fingerprint density at radius 2 is 1.15 bits per heavy atom. The number of hydrogen-bond acceptors (Lipinski definition) is 4. The minimum atomic E-state index is -4.64. The van der Waals surface area contributed by atoms with Gasteiger partial charge < -0.3 is 30.0 Å². The van der Waals surface area contributed by atoms with Gasteiger partial charge in [0.2, 0.25) is 0 Å². The fourth-order valence-corrected chi connectivity index (χ4v) is 0.0577. The van der Waals surface area contributed by atoms with E-state index in [-0.39, 0.29) is 88.7 Å². The molecular weight excluding hydrogens is 259 g/mol. The molecular formula is C3H15Ca2O7P. The zero-order chi connectivity index (χ0) is 9.49. The van der Waals surface area contributed by atoms with Crippen LogP contribution in [-0.4, -0.2) is 125 Å². The normalized spacial score (nSPS) is 9.15. The van der Waals surface area contributed by atoms with Crippen LogP contribution in [0.3, 0.4) is 0 Å². The molecule has 0 aliphatic rings. The molecule has 7 nitrogen and oxygen atoms in total. The monoisotopic (exact) mass is 274 g/mol. The van der Waals surface area contributed by atoms with E-state index in [9.17, 15) is 0 Å². The summed E-state index contributed by atoms with van der Waals surface area (Å²) >= 11 is 0. The predicted octanol–water partition coefficient (Wildman–Crippen LogP) is -4.43. The first kappa shape index (κ1) is 24.6. The third-order valence-electron chi connectivity index (χ3n) is 0.421. The molecule has 0 aromatic rings. The molecule has 0 spiro atoms. The number of aliphatic hydroxyl groups is 3. The van der Waals surface area contributed by atoms with Crippen LogP contribution >= 0.6 is 7.82 Å². The summed E-state index contributed by atoms with van der Waals surface area (Å²) in [6.45, 7) is -0.729.